The number of alkyl carbamates (subject to hydrolysis) is 1. The fourth-order valence-corrected chi connectivity index (χ4v) is 3.05. The van der Waals surface area contributed by atoms with E-state index in [0.717, 1.165) is 0 Å². The molecule has 8 heteroatoms. The Hall–Kier alpha value is -2.90. The molecular formula is C21H27FN2O5. The highest BCUT2D eigenvalue weighted by Gasteiger charge is 2.33. The Balaban J connectivity index is 1.98. The van der Waals surface area contributed by atoms with Gasteiger partial charge in [-0.05, 0) is 64.7 Å². The van der Waals surface area contributed by atoms with E-state index in [-0.39, 0.29) is 5.56 Å². The number of hydroxylamine groups is 1. The zero-order valence-electron chi connectivity index (χ0n) is 17.1. The molecule has 2 atom stereocenters. The third-order valence-electron chi connectivity index (χ3n) is 4.35. The Bertz CT molecular complexity index is 786. The summed E-state index contributed by atoms with van der Waals surface area (Å²) in [5.74, 6) is -2.64. The lowest BCUT2D eigenvalue weighted by atomic mass is 9.99. The van der Waals surface area contributed by atoms with Crippen molar-refractivity contribution in [3.63, 3.8) is 0 Å². The summed E-state index contributed by atoms with van der Waals surface area (Å²) in [6, 6.07) is 7.26. The van der Waals surface area contributed by atoms with E-state index in [2.05, 4.69) is 10.8 Å². The van der Waals surface area contributed by atoms with Gasteiger partial charge in [-0.2, -0.15) is 5.48 Å². The average Bonchev–Trinajstić information content (AvgIpc) is 3.14. The third kappa shape index (κ3) is 6.58. The van der Waals surface area contributed by atoms with Gasteiger partial charge in [-0.1, -0.05) is 18.2 Å². The molecule has 1 aromatic rings. The molecule has 1 fully saturated rings. The number of halogens is 1. The van der Waals surface area contributed by atoms with Gasteiger partial charge in [0.15, 0.2) is 0 Å². The lowest BCUT2D eigenvalue weighted by Gasteiger charge is -2.22. The molecule has 1 aliphatic carbocycles. The Morgan fingerprint density at radius 3 is 2.45 bits per heavy atom. The van der Waals surface area contributed by atoms with Gasteiger partial charge in [0, 0.05) is 0 Å². The molecule has 0 aromatic heterocycles. The van der Waals surface area contributed by atoms with E-state index in [4.69, 9.17) is 9.57 Å². The second-order valence-electron chi connectivity index (χ2n) is 7.91. The zero-order chi connectivity index (χ0) is 21.6. The van der Waals surface area contributed by atoms with E-state index in [1.54, 1.807) is 51.1 Å². The fourth-order valence-electron chi connectivity index (χ4n) is 3.05. The van der Waals surface area contributed by atoms with Gasteiger partial charge < -0.3 is 14.9 Å². The number of hydrogen-bond donors (Lipinski definition) is 2. The predicted molar refractivity (Wildman–Crippen MR) is 104 cm³/mol. The van der Waals surface area contributed by atoms with Crippen LogP contribution in [0.5, 0.6) is 0 Å². The van der Waals surface area contributed by atoms with Crippen molar-refractivity contribution in [1.82, 2.24) is 10.8 Å². The summed E-state index contributed by atoms with van der Waals surface area (Å²) in [6.07, 6.45) is 0.691. The Labute approximate surface area is 169 Å². The molecule has 0 radical (unpaired) electrons. The number of carbonyl (C=O) groups is 3. The zero-order valence-corrected chi connectivity index (χ0v) is 17.1. The van der Waals surface area contributed by atoms with Gasteiger partial charge in [-0.15, -0.1) is 0 Å². The topological polar surface area (TPSA) is 93.7 Å². The van der Waals surface area contributed by atoms with Crippen LogP contribution in [0.3, 0.4) is 0 Å². The first-order valence-electron chi connectivity index (χ1n) is 9.52. The van der Waals surface area contributed by atoms with Crippen LogP contribution in [0.2, 0.25) is 0 Å². The highest BCUT2D eigenvalue weighted by molar-refractivity contribution is 5.91. The van der Waals surface area contributed by atoms with E-state index < -0.39 is 41.4 Å². The molecule has 2 amide bonds. The van der Waals surface area contributed by atoms with Crippen LogP contribution < -0.4 is 10.8 Å². The third-order valence-corrected chi connectivity index (χ3v) is 4.35. The molecule has 1 saturated carbocycles. The maximum absolute atomic E-state index is 14.9. The highest BCUT2D eigenvalue weighted by atomic mass is 19.1. The monoisotopic (exact) mass is 406 g/mol. The number of hydrogen-bond acceptors (Lipinski definition) is 5. The molecule has 0 saturated heterocycles. The van der Waals surface area contributed by atoms with Gasteiger partial charge in [0.1, 0.15) is 11.4 Å². The molecule has 0 spiro atoms. The van der Waals surface area contributed by atoms with Gasteiger partial charge in [-0.3, -0.25) is 4.79 Å². The standard InChI is InChI=1S/C21H27FN2O5/c1-13(23-20(27)28-21(2,3)4)17(22)15-11-8-12-16(15)18(25)24-29-19(26)14-9-6-5-7-10-14/h5-7,9-10,13,16H,8,11-12H2,1-4H3,(H,23,27)(H,24,25)/b17-15-/t13-,16-/m0/s1. The average molecular weight is 406 g/mol. The molecule has 7 nitrogen and oxygen atoms in total. The number of benzene rings is 1. The van der Waals surface area contributed by atoms with Crippen molar-refractivity contribution in [1.29, 1.82) is 0 Å². The van der Waals surface area contributed by atoms with Crippen LogP contribution in [0.15, 0.2) is 41.7 Å². The van der Waals surface area contributed by atoms with Crippen molar-refractivity contribution in [2.24, 2.45) is 5.92 Å². The van der Waals surface area contributed by atoms with E-state index in [0.29, 0.717) is 24.8 Å². The predicted octanol–water partition coefficient (Wildman–Crippen LogP) is 3.81. The number of amides is 2. The lowest BCUT2D eigenvalue weighted by Crippen LogP contribution is -2.39. The Morgan fingerprint density at radius 2 is 1.83 bits per heavy atom. The van der Waals surface area contributed by atoms with Crippen LogP contribution in [0.4, 0.5) is 9.18 Å². The lowest BCUT2D eigenvalue weighted by molar-refractivity contribution is -0.132. The molecule has 2 N–H and O–H groups in total. The molecule has 1 aliphatic rings. The van der Waals surface area contributed by atoms with Crippen molar-refractivity contribution in [2.45, 2.75) is 58.6 Å². The molecule has 0 heterocycles. The van der Waals surface area contributed by atoms with Crippen LogP contribution >= 0.6 is 0 Å². The minimum absolute atomic E-state index is 0.288. The minimum atomic E-state index is -0.944. The van der Waals surface area contributed by atoms with Crippen LogP contribution in [0.1, 0.15) is 57.3 Å². The molecule has 1 aromatic carbocycles. The van der Waals surface area contributed by atoms with Crippen molar-refractivity contribution < 1.29 is 28.3 Å². The van der Waals surface area contributed by atoms with Gasteiger partial charge >= 0.3 is 12.1 Å². The number of nitrogens with one attached hydrogen (secondary N) is 2. The molecule has 0 aliphatic heterocycles. The molecular weight excluding hydrogens is 379 g/mol. The summed E-state index contributed by atoms with van der Waals surface area (Å²) in [7, 11) is 0. The quantitative estimate of drug-likeness (QED) is 0.742. The first-order valence-corrected chi connectivity index (χ1v) is 9.52. The van der Waals surface area contributed by atoms with Crippen LogP contribution in [-0.4, -0.2) is 29.6 Å². The highest BCUT2D eigenvalue weighted by Crippen LogP contribution is 2.35. The second-order valence-corrected chi connectivity index (χ2v) is 7.91. The maximum Gasteiger partial charge on any atom is 0.408 e. The van der Waals surface area contributed by atoms with Crippen molar-refractivity contribution in [2.75, 3.05) is 0 Å². The smallest absolute Gasteiger partial charge is 0.408 e. The van der Waals surface area contributed by atoms with E-state index >= 15 is 0 Å². The van der Waals surface area contributed by atoms with Crippen molar-refractivity contribution in [3.8, 4) is 0 Å². The Kier molecular flexibility index (Phi) is 7.36. The molecule has 0 unspecified atom stereocenters. The van der Waals surface area contributed by atoms with Crippen LogP contribution in [0.25, 0.3) is 0 Å². The molecule has 0 bridgehead atoms. The summed E-state index contributed by atoms with van der Waals surface area (Å²) >= 11 is 0. The van der Waals surface area contributed by atoms with E-state index in [1.807, 2.05) is 0 Å². The number of carbonyl (C=O) groups excluding carboxylic acids is 3. The van der Waals surface area contributed by atoms with Crippen molar-refractivity contribution in [3.05, 3.63) is 47.3 Å². The first kappa shape index (κ1) is 22.4. The van der Waals surface area contributed by atoms with Gasteiger partial charge in [0.2, 0.25) is 0 Å². The van der Waals surface area contributed by atoms with E-state index in [1.165, 1.54) is 6.92 Å². The number of ether oxygens (including phenoxy) is 1. The van der Waals surface area contributed by atoms with Gasteiger partial charge in [-0.25, -0.2) is 14.0 Å². The molecule has 158 valence electrons. The SMILES string of the molecule is C[C@H](NC(=O)OC(C)(C)C)/C(F)=C1\CCC[C@@H]1C(=O)NOC(=O)c1ccccc1. The summed E-state index contributed by atoms with van der Waals surface area (Å²) in [5, 5.41) is 2.43. The largest absolute Gasteiger partial charge is 0.444 e. The second kappa shape index (κ2) is 9.54. The molecule has 2 rings (SSSR count). The van der Waals surface area contributed by atoms with Crippen LogP contribution in [-0.2, 0) is 14.4 Å². The maximum atomic E-state index is 14.9. The number of rotatable bonds is 4. The summed E-state index contributed by atoms with van der Waals surface area (Å²) in [6.45, 7) is 6.61. The summed E-state index contributed by atoms with van der Waals surface area (Å²) in [5.41, 5.74) is 2.00. The molecule has 29 heavy (non-hydrogen) atoms. The van der Waals surface area contributed by atoms with Gasteiger partial charge in [0.25, 0.3) is 5.91 Å². The fraction of sp³-hybridized carbons (Fsp3) is 0.476. The minimum Gasteiger partial charge on any atom is -0.444 e. The summed E-state index contributed by atoms with van der Waals surface area (Å²) < 4.78 is 20.0. The van der Waals surface area contributed by atoms with Gasteiger partial charge in [0.05, 0.1) is 17.5 Å². The van der Waals surface area contributed by atoms with Crippen molar-refractivity contribution >= 4 is 18.0 Å². The summed E-state index contributed by atoms with van der Waals surface area (Å²) in [4.78, 5) is 41.1. The van der Waals surface area contributed by atoms with Crippen LogP contribution in [0, 0.1) is 5.92 Å². The normalized spacial score (nSPS) is 19.1. The van der Waals surface area contributed by atoms with E-state index in [9.17, 15) is 18.8 Å². The first-order chi connectivity index (χ1) is 13.6. The Morgan fingerprint density at radius 1 is 1.17 bits per heavy atom.